The molecule has 1 aliphatic heterocycles. The number of fused-ring (bicyclic) bond motifs is 1. The molecule has 0 aromatic heterocycles. The molecule has 1 atom stereocenters. The average Bonchev–Trinajstić information content (AvgIpc) is 2.48. The summed E-state index contributed by atoms with van der Waals surface area (Å²) in [6, 6.07) is 13.1. The minimum Gasteiger partial charge on any atom is -0.384 e. The summed E-state index contributed by atoms with van der Waals surface area (Å²) in [5.41, 5.74) is 3.22. The van der Waals surface area contributed by atoms with Crippen LogP contribution < -0.4 is 5.32 Å². The zero-order valence-corrected chi connectivity index (χ0v) is 11.5. The van der Waals surface area contributed by atoms with Gasteiger partial charge in [0.1, 0.15) is 6.10 Å². The van der Waals surface area contributed by atoms with Crippen molar-refractivity contribution in [3.05, 3.63) is 64.2 Å². The normalized spacial score (nSPS) is 15.4. The summed E-state index contributed by atoms with van der Waals surface area (Å²) in [5, 5.41) is 13.7. The number of carbonyl (C=O) groups is 1. The molecule has 1 aliphatic rings. The Labute approximate surface area is 122 Å². The maximum Gasteiger partial charge on any atom is 0.224 e. The molecule has 0 bridgehead atoms. The van der Waals surface area contributed by atoms with Crippen molar-refractivity contribution < 1.29 is 9.90 Å². The molecule has 0 aliphatic carbocycles. The van der Waals surface area contributed by atoms with Crippen LogP contribution in [-0.4, -0.2) is 11.0 Å². The van der Waals surface area contributed by atoms with Gasteiger partial charge in [-0.15, -0.1) is 0 Å². The summed E-state index contributed by atoms with van der Waals surface area (Å²) in [4.78, 5) is 11.4. The number of hydrogen-bond acceptors (Lipinski definition) is 2. The van der Waals surface area contributed by atoms with Crippen LogP contribution in [0.2, 0.25) is 5.02 Å². The average molecular weight is 288 g/mol. The van der Waals surface area contributed by atoms with Crippen molar-refractivity contribution in [1.29, 1.82) is 0 Å². The molecule has 2 aromatic carbocycles. The monoisotopic (exact) mass is 287 g/mol. The number of aliphatic hydroxyl groups excluding tert-OH is 1. The number of aliphatic hydroxyl groups is 1. The highest BCUT2D eigenvalue weighted by molar-refractivity contribution is 6.34. The van der Waals surface area contributed by atoms with Gasteiger partial charge < -0.3 is 10.4 Å². The predicted molar refractivity (Wildman–Crippen MR) is 78.9 cm³/mol. The summed E-state index contributed by atoms with van der Waals surface area (Å²) in [6.07, 6.45) is 0.390. The Morgan fingerprint density at radius 2 is 1.85 bits per heavy atom. The molecule has 102 valence electrons. The van der Waals surface area contributed by atoms with Gasteiger partial charge in [-0.3, -0.25) is 4.79 Å². The molecule has 1 unspecified atom stereocenters. The Morgan fingerprint density at radius 3 is 2.60 bits per heavy atom. The van der Waals surface area contributed by atoms with Gasteiger partial charge in [-0.1, -0.05) is 48.0 Å². The lowest BCUT2D eigenvalue weighted by atomic mass is 9.95. The van der Waals surface area contributed by atoms with Crippen molar-refractivity contribution in [2.45, 2.75) is 18.9 Å². The topological polar surface area (TPSA) is 49.3 Å². The second-order valence-electron chi connectivity index (χ2n) is 4.90. The van der Waals surface area contributed by atoms with Crippen LogP contribution in [0.5, 0.6) is 0 Å². The molecule has 2 N–H and O–H groups in total. The third kappa shape index (κ3) is 2.42. The van der Waals surface area contributed by atoms with Gasteiger partial charge >= 0.3 is 0 Å². The van der Waals surface area contributed by atoms with Crippen LogP contribution in [0.25, 0.3) is 0 Å². The largest absolute Gasteiger partial charge is 0.384 e. The van der Waals surface area contributed by atoms with E-state index in [9.17, 15) is 9.90 Å². The first-order chi connectivity index (χ1) is 9.65. The van der Waals surface area contributed by atoms with Gasteiger partial charge in [0.15, 0.2) is 0 Å². The van der Waals surface area contributed by atoms with Crippen LogP contribution >= 0.6 is 11.6 Å². The number of anilines is 1. The Balaban J connectivity index is 2.00. The van der Waals surface area contributed by atoms with E-state index >= 15 is 0 Å². The molecule has 3 nitrogen and oxygen atoms in total. The van der Waals surface area contributed by atoms with E-state index < -0.39 is 6.10 Å². The number of rotatable bonds is 2. The minimum atomic E-state index is -0.711. The van der Waals surface area contributed by atoms with Gasteiger partial charge in [-0.25, -0.2) is 0 Å². The summed E-state index contributed by atoms with van der Waals surface area (Å²) >= 11 is 6.22. The van der Waals surface area contributed by atoms with Crippen molar-refractivity contribution in [2.24, 2.45) is 0 Å². The van der Waals surface area contributed by atoms with Crippen LogP contribution in [-0.2, 0) is 11.2 Å². The molecule has 0 fully saturated rings. The number of aryl methyl sites for hydroxylation is 1. The quantitative estimate of drug-likeness (QED) is 0.890. The van der Waals surface area contributed by atoms with Crippen LogP contribution in [0.4, 0.5) is 5.69 Å². The summed E-state index contributed by atoms with van der Waals surface area (Å²) in [7, 11) is 0. The molecule has 0 saturated carbocycles. The van der Waals surface area contributed by atoms with Crippen molar-refractivity contribution in [3.63, 3.8) is 0 Å². The number of halogens is 1. The number of benzene rings is 2. The van der Waals surface area contributed by atoms with E-state index in [0.717, 1.165) is 16.7 Å². The highest BCUT2D eigenvalue weighted by Gasteiger charge is 2.20. The second-order valence-corrected chi connectivity index (χ2v) is 5.31. The van der Waals surface area contributed by atoms with E-state index in [0.29, 0.717) is 23.6 Å². The van der Waals surface area contributed by atoms with Gasteiger partial charge in [0.05, 0.1) is 10.7 Å². The Bertz CT molecular complexity index is 655. The molecule has 1 amide bonds. The van der Waals surface area contributed by atoms with E-state index in [2.05, 4.69) is 5.32 Å². The van der Waals surface area contributed by atoms with Crippen LogP contribution in [0.1, 0.15) is 29.2 Å². The predicted octanol–water partition coefficient (Wildman–Crippen LogP) is 3.31. The Hall–Kier alpha value is -1.84. The Kier molecular flexibility index (Phi) is 3.47. The van der Waals surface area contributed by atoms with E-state index in [1.165, 1.54) is 0 Å². The molecule has 20 heavy (non-hydrogen) atoms. The van der Waals surface area contributed by atoms with Crippen molar-refractivity contribution >= 4 is 23.2 Å². The smallest absolute Gasteiger partial charge is 0.224 e. The van der Waals surface area contributed by atoms with E-state index in [1.807, 2.05) is 36.4 Å². The molecule has 4 heteroatoms. The first-order valence-electron chi connectivity index (χ1n) is 6.50. The lowest BCUT2D eigenvalue weighted by molar-refractivity contribution is -0.116. The van der Waals surface area contributed by atoms with Gasteiger partial charge in [0.25, 0.3) is 0 Å². The van der Waals surface area contributed by atoms with E-state index in [1.54, 1.807) is 6.07 Å². The molecule has 2 aromatic rings. The fraction of sp³-hybridized carbons (Fsp3) is 0.188. The lowest BCUT2D eigenvalue weighted by Gasteiger charge is -2.21. The number of nitrogens with one attached hydrogen (secondary N) is 1. The lowest BCUT2D eigenvalue weighted by Crippen LogP contribution is -2.19. The zero-order chi connectivity index (χ0) is 14.1. The standard InChI is InChI=1S/C16H14ClNO2/c17-13-9-12(16(20)10-4-2-1-3-5-10)8-11-6-7-14(19)18-15(11)13/h1-5,8-9,16,20H,6-7H2,(H,18,19). The maximum absolute atomic E-state index is 11.4. The SMILES string of the molecule is O=C1CCc2cc(C(O)c3ccccc3)cc(Cl)c2N1. The fourth-order valence-electron chi connectivity index (χ4n) is 2.46. The van der Waals surface area contributed by atoms with Gasteiger partial charge in [0.2, 0.25) is 5.91 Å². The van der Waals surface area contributed by atoms with E-state index in [-0.39, 0.29) is 5.91 Å². The molecule has 1 heterocycles. The number of carbonyl (C=O) groups excluding carboxylic acids is 1. The van der Waals surface area contributed by atoms with Crippen molar-refractivity contribution in [1.82, 2.24) is 0 Å². The van der Waals surface area contributed by atoms with Crippen LogP contribution in [0.3, 0.4) is 0 Å². The summed E-state index contributed by atoms with van der Waals surface area (Å²) < 4.78 is 0. The number of hydrogen-bond donors (Lipinski definition) is 2. The molecule has 0 radical (unpaired) electrons. The molecule has 3 rings (SSSR count). The molecule has 0 saturated heterocycles. The second kappa shape index (κ2) is 5.27. The summed E-state index contributed by atoms with van der Waals surface area (Å²) in [6.45, 7) is 0. The highest BCUT2D eigenvalue weighted by Crippen LogP contribution is 2.35. The van der Waals surface area contributed by atoms with Gasteiger partial charge in [-0.05, 0) is 29.2 Å². The molecular formula is C16H14ClNO2. The van der Waals surface area contributed by atoms with Crippen molar-refractivity contribution in [3.8, 4) is 0 Å². The van der Waals surface area contributed by atoms with Crippen LogP contribution in [0.15, 0.2) is 42.5 Å². The maximum atomic E-state index is 11.4. The molecular weight excluding hydrogens is 274 g/mol. The minimum absolute atomic E-state index is 0.0178. The van der Waals surface area contributed by atoms with Gasteiger partial charge in [-0.2, -0.15) is 0 Å². The van der Waals surface area contributed by atoms with Gasteiger partial charge in [0, 0.05) is 6.42 Å². The Morgan fingerprint density at radius 1 is 1.10 bits per heavy atom. The van der Waals surface area contributed by atoms with E-state index in [4.69, 9.17) is 11.6 Å². The highest BCUT2D eigenvalue weighted by atomic mass is 35.5. The summed E-state index contributed by atoms with van der Waals surface area (Å²) in [5.74, 6) is -0.0178. The first kappa shape index (κ1) is 13.2. The molecule has 0 spiro atoms. The van der Waals surface area contributed by atoms with Crippen molar-refractivity contribution in [2.75, 3.05) is 5.32 Å². The van der Waals surface area contributed by atoms with Crippen LogP contribution in [0, 0.1) is 0 Å². The number of amides is 1. The first-order valence-corrected chi connectivity index (χ1v) is 6.88. The zero-order valence-electron chi connectivity index (χ0n) is 10.8. The third-order valence-corrected chi connectivity index (χ3v) is 3.81. The third-order valence-electron chi connectivity index (χ3n) is 3.51. The fourth-order valence-corrected chi connectivity index (χ4v) is 2.75.